The monoisotopic (exact) mass is 557 g/mol. The number of piperidine rings is 1. The highest BCUT2D eigenvalue weighted by Gasteiger charge is 2.71. The SMILES string of the molecule is C=CC[N+]1(C)CC[C@@]23C4=C5C[C@@H]1[C@@H]2CCC[C@@H]3OC4C(NC(=O)C(=Cc1ccccc1)C(F)(F)F)(OC)C=C5O. The number of likely N-dealkylation sites (tertiary alicyclic amines) is 1. The van der Waals surface area contributed by atoms with Crippen LogP contribution in [0, 0.1) is 11.3 Å². The van der Waals surface area contributed by atoms with Gasteiger partial charge in [-0.2, -0.15) is 13.2 Å². The van der Waals surface area contributed by atoms with Crippen molar-refractivity contribution in [3.05, 3.63) is 77.1 Å². The number of aliphatic hydroxyl groups excluding tert-OH is 1. The molecule has 2 saturated heterocycles. The van der Waals surface area contributed by atoms with Crippen molar-refractivity contribution in [3.63, 3.8) is 0 Å². The van der Waals surface area contributed by atoms with Crippen LogP contribution in [-0.4, -0.2) is 72.9 Å². The molecule has 3 unspecified atom stereocenters. The standard InChI is InChI=1S/C31H35F3N2O4/c1-4-14-36(2)15-13-29-21-11-8-12-25(29)40-27-26(29)20(17-23(21)36)24(37)18-30(27,39-3)35-28(38)22(31(32,33)34)16-19-9-6-5-7-10-19/h4-7,9-10,16,18,21,23,25,27H,1,8,11-15,17H2,2-3H3,(H-,35,37,38)/p+1/t21-,23+,25-,27?,29+,30?,36?/m0/s1. The van der Waals surface area contributed by atoms with Gasteiger partial charge in [0.2, 0.25) is 0 Å². The van der Waals surface area contributed by atoms with Crippen LogP contribution in [0.4, 0.5) is 13.2 Å². The molecule has 2 aliphatic heterocycles. The maximum Gasteiger partial charge on any atom is 0.421 e. The number of halogens is 3. The Labute approximate surface area is 232 Å². The van der Waals surface area contributed by atoms with Gasteiger partial charge in [0.1, 0.15) is 17.4 Å². The molecule has 3 aliphatic carbocycles. The molecule has 3 fully saturated rings. The molecule has 1 amide bonds. The number of benzene rings is 1. The number of alkyl halides is 3. The van der Waals surface area contributed by atoms with Crippen molar-refractivity contribution >= 4 is 12.0 Å². The van der Waals surface area contributed by atoms with Gasteiger partial charge in [0, 0.05) is 42.9 Å². The van der Waals surface area contributed by atoms with E-state index < -0.39 is 29.5 Å². The van der Waals surface area contributed by atoms with E-state index in [0.29, 0.717) is 12.3 Å². The number of quaternary nitrogens is 1. The molecule has 7 atom stereocenters. The topological polar surface area (TPSA) is 67.8 Å². The number of likely N-dealkylation sites (N-methyl/N-ethyl adjacent to an activating group) is 1. The van der Waals surface area contributed by atoms with Gasteiger partial charge in [0.05, 0.1) is 32.3 Å². The van der Waals surface area contributed by atoms with Crippen molar-refractivity contribution in [1.29, 1.82) is 0 Å². The fraction of sp³-hybridized carbons (Fsp3) is 0.516. The highest BCUT2D eigenvalue weighted by atomic mass is 19.4. The lowest BCUT2D eigenvalue weighted by molar-refractivity contribution is -0.940. The lowest BCUT2D eigenvalue weighted by Crippen LogP contribution is -2.69. The molecule has 2 heterocycles. The number of nitrogens with zero attached hydrogens (tertiary/aromatic N) is 1. The van der Waals surface area contributed by atoms with E-state index in [9.17, 15) is 23.1 Å². The maximum absolute atomic E-state index is 14.2. The van der Waals surface area contributed by atoms with Gasteiger partial charge in [-0.3, -0.25) is 4.79 Å². The van der Waals surface area contributed by atoms with E-state index in [1.807, 2.05) is 6.08 Å². The number of carbonyl (C=O) groups excluding carboxylic acids is 1. The number of methoxy groups -OCH3 is 1. The Morgan fingerprint density at radius 3 is 2.73 bits per heavy atom. The van der Waals surface area contributed by atoms with Crippen LogP contribution in [0.25, 0.3) is 6.08 Å². The van der Waals surface area contributed by atoms with E-state index in [-0.39, 0.29) is 28.9 Å². The lowest BCUT2D eigenvalue weighted by atomic mass is 9.50. The zero-order valence-corrected chi connectivity index (χ0v) is 22.8. The molecule has 0 radical (unpaired) electrons. The van der Waals surface area contributed by atoms with Crippen molar-refractivity contribution in [2.24, 2.45) is 11.3 Å². The third kappa shape index (κ3) is 3.84. The largest absolute Gasteiger partial charge is 0.508 e. The van der Waals surface area contributed by atoms with Crippen molar-refractivity contribution in [2.75, 3.05) is 27.2 Å². The Morgan fingerprint density at radius 2 is 2.05 bits per heavy atom. The van der Waals surface area contributed by atoms with Crippen molar-refractivity contribution in [1.82, 2.24) is 5.32 Å². The predicted octanol–water partition coefficient (Wildman–Crippen LogP) is 5.21. The van der Waals surface area contributed by atoms with Crippen LogP contribution in [-0.2, 0) is 14.3 Å². The van der Waals surface area contributed by atoms with Crippen LogP contribution in [0.2, 0.25) is 0 Å². The number of carbonyl (C=O) groups is 1. The van der Waals surface area contributed by atoms with Crippen LogP contribution in [0.5, 0.6) is 0 Å². The van der Waals surface area contributed by atoms with Crippen LogP contribution in [0.15, 0.2) is 71.5 Å². The number of amides is 1. The summed E-state index contributed by atoms with van der Waals surface area (Å²) in [6.45, 7) is 5.72. The zero-order chi connectivity index (χ0) is 28.5. The number of aliphatic hydroxyl groups is 1. The van der Waals surface area contributed by atoms with Crippen molar-refractivity contribution in [3.8, 4) is 0 Å². The molecule has 5 aliphatic rings. The predicted molar refractivity (Wildman–Crippen MR) is 144 cm³/mol. The third-order valence-corrected chi connectivity index (χ3v) is 10.2. The molecule has 214 valence electrons. The average molecular weight is 558 g/mol. The summed E-state index contributed by atoms with van der Waals surface area (Å²) in [6.07, 6.45) is 2.51. The van der Waals surface area contributed by atoms with Crippen molar-refractivity contribution < 1.29 is 37.0 Å². The minimum atomic E-state index is -4.91. The van der Waals surface area contributed by atoms with E-state index in [0.717, 1.165) is 60.5 Å². The highest BCUT2D eigenvalue weighted by Crippen LogP contribution is 2.67. The van der Waals surface area contributed by atoms with E-state index in [1.54, 1.807) is 18.2 Å². The molecule has 6 rings (SSSR count). The molecular formula is C31H36F3N2O4+. The van der Waals surface area contributed by atoms with E-state index >= 15 is 0 Å². The van der Waals surface area contributed by atoms with E-state index in [4.69, 9.17) is 9.47 Å². The first-order chi connectivity index (χ1) is 19.0. The van der Waals surface area contributed by atoms with Crippen LogP contribution in [0.1, 0.15) is 37.7 Å². The van der Waals surface area contributed by atoms with Crippen molar-refractivity contribution in [2.45, 2.75) is 62.3 Å². The van der Waals surface area contributed by atoms with Gasteiger partial charge in [-0.1, -0.05) is 43.3 Å². The van der Waals surface area contributed by atoms with Crippen LogP contribution >= 0.6 is 0 Å². The maximum atomic E-state index is 14.2. The second kappa shape index (κ2) is 9.33. The fourth-order valence-corrected chi connectivity index (χ4v) is 8.50. The lowest BCUT2D eigenvalue weighted by Gasteiger charge is -2.61. The first-order valence-electron chi connectivity index (χ1n) is 14.0. The number of ether oxygens (including phenoxy) is 2. The second-order valence-corrected chi connectivity index (χ2v) is 12.1. The van der Waals surface area contributed by atoms with Gasteiger partial charge in [0.15, 0.2) is 5.72 Å². The quantitative estimate of drug-likeness (QED) is 0.218. The summed E-state index contributed by atoms with van der Waals surface area (Å²) >= 11 is 0. The first-order valence-corrected chi connectivity index (χ1v) is 14.0. The summed E-state index contributed by atoms with van der Waals surface area (Å²) in [5.41, 5.74) is -1.54. The molecule has 1 saturated carbocycles. The Balaban J connectivity index is 1.42. The normalized spacial score (nSPS) is 38.4. The van der Waals surface area contributed by atoms with Gasteiger partial charge in [-0.15, -0.1) is 0 Å². The molecule has 0 aromatic heterocycles. The summed E-state index contributed by atoms with van der Waals surface area (Å²) in [7, 11) is 3.58. The smallest absolute Gasteiger partial charge is 0.421 e. The number of hydrogen-bond acceptors (Lipinski definition) is 4. The third-order valence-electron chi connectivity index (χ3n) is 10.2. The molecule has 40 heavy (non-hydrogen) atoms. The summed E-state index contributed by atoms with van der Waals surface area (Å²) in [4.78, 5) is 13.4. The molecule has 2 bridgehead atoms. The molecule has 6 nitrogen and oxygen atoms in total. The molecule has 9 heteroatoms. The fourth-order valence-electron chi connectivity index (χ4n) is 8.50. The van der Waals surface area contributed by atoms with E-state index in [2.05, 4.69) is 18.9 Å². The second-order valence-electron chi connectivity index (χ2n) is 12.1. The molecular weight excluding hydrogens is 521 g/mol. The first kappa shape index (κ1) is 27.3. The average Bonchev–Trinajstić information content (AvgIpc) is 3.26. The Bertz CT molecular complexity index is 1320. The minimum Gasteiger partial charge on any atom is -0.508 e. The zero-order valence-electron chi connectivity index (χ0n) is 22.8. The number of allylic oxidation sites excluding steroid dienone is 1. The van der Waals surface area contributed by atoms with E-state index in [1.165, 1.54) is 25.3 Å². The minimum absolute atomic E-state index is 0.0568. The summed E-state index contributed by atoms with van der Waals surface area (Å²) in [5.74, 6) is -1.10. The molecule has 2 N–H and O–H groups in total. The number of hydrogen-bond donors (Lipinski definition) is 2. The van der Waals surface area contributed by atoms with Crippen LogP contribution < -0.4 is 5.32 Å². The van der Waals surface area contributed by atoms with Gasteiger partial charge in [0.25, 0.3) is 5.91 Å². The Hall–Kier alpha value is -2.88. The Kier molecular flexibility index (Phi) is 6.36. The van der Waals surface area contributed by atoms with Gasteiger partial charge in [-0.25, -0.2) is 0 Å². The number of nitrogens with one attached hydrogen (secondary N) is 1. The van der Waals surface area contributed by atoms with Crippen LogP contribution in [0.3, 0.4) is 0 Å². The Morgan fingerprint density at radius 1 is 1.30 bits per heavy atom. The summed E-state index contributed by atoms with van der Waals surface area (Å²) in [6, 6.07) is 8.16. The summed E-state index contributed by atoms with van der Waals surface area (Å²) < 4.78 is 55.9. The molecule has 1 aromatic carbocycles. The molecule has 1 aromatic rings. The molecule has 1 spiro atoms. The van der Waals surface area contributed by atoms with Gasteiger partial charge in [-0.05, 0) is 36.1 Å². The highest BCUT2D eigenvalue weighted by molar-refractivity contribution is 5.99. The van der Waals surface area contributed by atoms with Gasteiger partial charge >= 0.3 is 6.18 Å². The number of rotatable bonds is 6. The summed E-state index contributed by atoms with van der Waals surface area (Å²) in [5, 5.41) is 14.0. The van der Waals surface area contributed by atoms with Gasteiger partial charge < -0.3 is 24.4 Å².